The molecule has 1 aliphatic rings. The van der Waals surface area contributed by atoms with Crippen molar-refractivity contribution in [1.82, 2.24) is 4.31 Å². The molecule has 0 aromatic heterocycles. The molecule has 2 rings (SSSR count). The zero-order valence-electron chi connectivity index (χ0n) is 13.0. The van der Waals surface area contributed by atoms with Crippen molar-refractivity contribution in [2.75, 3.05) is 27.3 Å². The first-order chi connectivity index (χ1) is 9.91. The third-order valence-electron chi connectivity index (χ3n) is 4.10. The highest BCUT2D eigenvalue weighted by Gasteiger charge is 2.31. The lowest BCUT2D eigenvalue weighted by atomic mass is 10.0. The van der Waals surface area contributed by atoms with Gasteiger partial charge in [-0.3, -0.25) is 0 Å². The van der Waals surface area contributed by atoms with E-state index in [-0.39, 0.29) is 4.90 Å². The zero-order valence-corrected chi connectivity index (χ0v) is 13.9. The van der Waals surface area contributed by atoms with Crippen LogP contribution in [0.1, 0.15) is 25.3 Å². The second kappa shape index (κ2) is 6.23. The molecule has 1 aliphatic heterocycles. The smallest absolute Gasteiger partial charge is 0.246 e. The van der Waals surface area contributed by atoms with Gasteiger partial charge in [-0.05, 0) is 37.8 Å². The minimum absolute atomic E-state index is 0.220. The molecule has 5 nitrogen and oxygen atoms in total. The lowest BCUT2D eigenvalue weighted by molar-refractivity contribution is 0.286. The molecule has 0 atom stereocenters. The van der Waals surface area contributed by atoms with Gasteiger partial charge in [0.15, 0.2) is 0 Å². The Hall–Kier alpha value is -1.27. The Kier molecular flexibility index (Phi) is 4.78. The summed E-state index contributed by atoms with van der Waals surface area (Å²) in [7, 11) is -0.480. The van der Waals surface area contributed by atoms with E-state index in [4.69, 9.17) is 9.47 Å². The number of nitrogens with zero attached hydrogens (tertiary/aromatic N) is 1. The molecule has 0 aliphatic carbocycles. The molecular formula is C15H23NO4S. The quantitative estimate of drug-likeness (QED) is 0.856. The van der Waals surface area contributed by atoms with E-state index in [1.807, 2.05) is 0 Å². The summed E-state index contributed by atoms with van der Waals surface area (Å²) < 4.78 is 37.8. The van der Waals surface area contributed by atoms with Gasteiger partial charge in [0.2, 0.25) is 10.0 Å². The minimum Gasteiger partial charge on any atom is -0.496 e. The van der Waals surface area contributed by atoms with E-state index in [1.165, 1.54) is 7.11 Å². The monoisotopic (exact) mass is 313 g/mol. The van der Waals surface area contributed by atoms with E-state index in [1.54, 1.807) is 30.5 Å². The Labute approximate surface area is 126 Å². The van der Waals surface area contributed by atoms with Crippen LogP contribution in [-0.2, 0) is 10.0 Å². The van der Waals surface area contributed by atoms with E-state index in [0.29, 0.717) is 36.1 Å². The van der Waals surface area contributed by atoms with Crippen LogP contribution in [0.15, 0.2) is 17.0 Å². The maximum absolute atomic E-state index is 12.8. The first kappa shape index (κ1) is 16.1. The molecule has 1 aromatic rings. The summed E-state index contributed by atoms with van der Waals surface area (Å²) in [6.07, 6.45) is 1.80. The van der Waals surface area contributed by atoms with Crippen LogP contribution in [0.5, 0.6) is 11.5 Å². The lowest BCUT2D eigenvalue weighted by Gasteiger charge is -2.30. The van der Waals surface area contributed by atoms with Crippen LogP contribution in [0, 0.1) is 12.8 Å². The van der Waals surface area contributed by atoms with Crippen LogP contribution in [-0.4, -0.2) is 40.0 Å². The molecule has 0 radical (unpaired) electrons. The normalized spacial score (nSPS) is 17.7. The van der Waals surface area contributed by atoms with Crippen LogP contribution in [0.3, 0.4) is 0 Å². The van der Waals surface area contributed by atoms with Crippen molar-refractivity contribution in [3.05, 3.63) is 17.7 Å². The van der Waals surface area contributed by atoms with Gasteiger partial charge >= 0.3 is 0 Å². The van der Waals surface area contributed by atoms with Gasteiger partial charge < -0.3 is 9.47 Å². The fourth-order valence-electron chi connectivity index (χ4n) is 2.69. The van der Waals surface area contributed by atoms with Gasteiger partial charge in [-0.1, -0.05) is 6.92 Å². The summed E-state index contributed by atoms with van der Waals surface area (Å²) in [5.74, 6) is 1.57. The Morgan fingerprint density at radius 2 is 1.76 bits per heavy atom. The fraction of sp³-hybridized carbons (Fsp3) is 0.600. The molecule has 0 spiro atoms. The van der Waals surface area contributed by atoms with Gasteiger partial charge in [0.25, 0.3) is 0 Å². The summed E-state index contributed by atoms with van der Waals surface area (Å²) in [4.78, 5) is 0.220. The minimum atomic E-state index is -3.52. The highest BCUT2D eigenvalue weighted by atomic mass is 32.2. The van der Waals surface area contributed by atoms with E-state index >= 15 is 0 Å². The SMILES string of the molecule is COc1ccc(S(=O)(=O)N2CCC(C)CC2)c(OC)c1C. The van der Waals surface area contributed by atoms with Gasteiger partial charge in [-0.15, -0.1) is 0 Å². The second-order valence-corrected chi connectivity index (χ2v) is 7.42. The summed E-state index contributed by atoms with van der Waals surface area (Å²) in [5, 5.41) is 0. The molecule has 118 valence electrons. The number of ether oxygens (including phenoxy) is 2. The van der Waals surface area contributed by atoms with Crippen LogP contribution in [0.25, 0.3) is 0 Å². The van der Waals surface area contributed by atoms with Crippen LogP contribution in [0.4, 0.5) is 0 Å². The third kappa shape index (κ3) is 3.01. The average Bonchev–Trinajstić information content (AvgIpc) is 2.47. The molecule has 6 heteroatoms. The van der Waals surface area contributed by atoms with E-state index < -0.39 is 10.0 Å². The number of benzene rings is 1. The number of piperidine rings is 1. The highest BCUT2D eigenvalue weighted by Crippen LogP contribution is 2.36. The van der Waals surface area contributed by atoms with Crippen molar-refractivity contribution in [2.45, 2.75) is 31.6 Å². The number of methoxy groups -OCH3 is 2. The standard InChI is InChI=1S/C15H23NO4S/c1-11-7-9-16(10-8-11)21(17,18)14-6-5-13(19-3)12(2)15(14)20-4/h5-6,11H,7-10H2,1-4H3. The molecule has 21 heavy (non-hydrogen) atoms. The molecule has 0 saturated carbocycles. The summed E-state index contributed by atoms with van der Waals surface area (Å²) in [6, 6.07) is 3.25. The molecule has 1 saturated heterocycles. The van der Waals surface area contributed by atoms with Crippen molar-refractivity contribution in [3.63, 3.8) is 0 Å². The van der Waals surface area contributed by atoms with Gasteiger partial charge in [0, 0.05) is 18.7 Å². The number of sulfonamides is 1. The van der Waals surface area contributed by atoms with Gasteiger partial charge in [-0.2, -0.15) is 4.31 Å². The Balaban J connectivity index is 2.43. The predicted molar refractivity (Wildman–Crippen MR) is 81.4 cm³/mol. The highest BCUT2D eigenvalue weighted by molar-refractivity contribution is 7.89. The number of hydrogen-bond donors (Lipinski definition) is 0. The van der Waals surface area contributed by atoms with Crippen molar-refractivity contribution < 1.29 is 17.9 Å². The van der Waals surface area contributed by atoms with Gasteiger partial charge in [-0.25, -0.2) is 8.42 Å². The first-order valence-corrected chi connectivity index (χ1v) is 8.57. The fourth-order valence-corrected chi connectivity index (χ4v) is 4.37. The lowest BCUT2D eigenvalue weighted by Crippen LogP contribution is -2.38. The second-order valence-electron chi connectivity index (χ2n) is 5.51. The van der Waals surface area contributed by atoms with Gasteiger partial charge in [0.1, 0.15) is 16.4 Å². The third-order valence-corrected chi connectivity index (χ3v) is 6.03. The molecule has 1 fully saturated rings. The van der Waals surface area contributed by atoms with Gasteiger partial charge in [0.05, 0.1) is 14.2 Å². The Morgan fingerprint density at radius 3 is 2.29 bits per heavy atom. The maximum Gasteiger partial charge on any atom is 0.246 e. The van der Waals surface area contributed by atoms with Crippen molar-refractivity contribution in [2.24, 2.45) is 5.92 Å². The molecule has 1 heterocycles. The largest absolute Gasteiger partial charge is 0.496 e. The summed E-state index contributed by atoms with van der Waals surface area (Å²) in [6.45, 7) is 5.09. The molecular weight excluding hydrogens is 290 g/mol. The zero-order chi connectivity index (χ0) is 15.6. The Bertz CT molecular complexity index is 604. The average molecular weight is 313 g/mol. The van der Waals surface area contributed by atoms with Crippen LogP contribution < -0.4 is 9.47 Å². The molecule has 0 unspecified atom stereocenters. The molecule has 0 N–H and O–H groups in total. The van der Waals surface area contributed by atoms with Crippen LogP contribution >= 0.6 is 0 Å². The number of hydrogen-bond acceptors (Lipinski definition) is 4. The maximum atomic E-state index is 12.8. The van der Waals surface area contributed by atoms with Crippen molar-refractivity contribution in [3.8, 4) is 11.5 Å². The summed E-state index contributed by atoms with van der Waals surface area (Å²) in [5.41, 5.74) is 0.700. The summed E-state index contributed by atoms with van der Waals surface area (Å²) >= 11 is 0. The van der Waals surface area contributed by atoms with Crippen molar-refractivity contribution in [1.29, 1.82) is 0 Å². The van der Waals surface area contributed by atoms with E-state index in [0.717, 1.165) is 12.8 Å². The van der Waals surface area contributed by atoms with E-state index in [9.17, 15) is 8.42 Å². The first-order valence-electron chi connectivity index (χ1n) is 7.13. The molecule has 1 aromatic carbocycles. The van der Waals surface area contributed by atoms with Crippen LogP contribution in [0.2, 0.25) is 0 Å². The predicted octanol–water partition coefficient (Wildman–Crippen LogP) is 2.43. The topological polar surface area (TPSA) is 55.8 Å². The molecule has 0 amide bonds. The van der Waals surface area contributed by atoms with Crippen molar-refractivity contribution >= 4 is 10.0 Å². The Morgan fingerprint density at radius 1 is 1.14 bits per heavy atom. The molecule has 0 bridgehead atoms. The van der Waals surface area contributed by atoms with E-state index in [2.05, 4.69) is 6.92 Å². The number of rotatable bonds is 4.